The summed E-state index contributed by atoms with van der Waals surface area (Å²) in [6.45, 7) is 6.32. The fourth-order valence-corrected chi connectivity index (χ4v) is 2.14. The summed E-state index contributed by atoms with van der Waals surface area (Å²) < 4.78 is 5.61. The molecule has 0 saturated carbocycles. The third-order valence-corrected chi connectivity index (χ3v) is 3.39. The summed E-state index contributed by atoms with van der Waals surface area (Å²) in [5.74, 6) is 0. The molecule has 0 radical (unpaired) electrons. The molecule has 1 rings (SSSR count). The fourth-order valence-electron chi connectivity index (χ4n) is 2.14. The summed E-state index contributed by atoms with van der Waals surface area (Å²) in [7, 11) is 0. The van der Waals surface area contributed by atoms with Gasteiger partial charge >= 0.3 is 0 Å². The van der Waals surface area contributed by atoms with Gasteiger partial charge in [-0.1, -0.05) is 50.5 Å². The highest BCUT2D eigenvalue weighted by Crippen LogP contribution is 2.11. The first-order valence-electron chi connectivity index (χ1n) is 7.47. The van der Waals surface area contributed by atoms with E-state index in [0.717, 1.165) is 13.2 Å². The van der Waals surface area contributed by atoms with Crippen LogP contribution >= 0.6 is 0 Å². The van der Waals surface area contributed by atoms with Crippen LogP contribution in [0.4, 0.5) is 0 Å². The molecule has 0 aromatic heterocycles. The van der Waals surface area contributed by atoms with E-state index in [2.05, 4.69) is 38.1 Å². The van der Waals surface area contributed by atoms with Gasteiger partial charge in [-0.05, 0) is 43.7 Å². The molecule has 1 heteroatoms. The van der Waals surface area contributed by atoms with Gasteiger partial charge in [-0.25, -0.2) is 0 Å². The normalized spacial score (nSPS) is 10.8. The number of aryl methyl sites for hydroxylation is 2. The molecule has 0 spiro atoms. The van der Waals surface area contributed by atoms with E-state index in [9.17, 15) is 0 Å². The molecule has 0 unspecified atom stereocenters. The summed E-state index contributed by atoms with van der Waals surface area (Å²) in [6, 6.07) is 8.70. The van der Waals surface area contributed by atoms with Crippen molar-refractivity contribution in [2.45, 2.75) is 58.8 Å². The third-order valence-electron chi connectivity index (χ3n) is 3.39. The molecule has 1 aromatic carbocycles. The van der Waals surface area contributed by atoms with Gasteiger partial charge in [0.15, 0.2) is 0 Å². The van der Waals surface area contributed by atoms with Crippen LogP contribution in [0.2, 0.25) is 0 Å². The standard InChI is InChI=1S/C17H28O/c1-3-4-9-14-18-15-10-5-6-12-17-13-8-7-11-16(17)2/h7-8,11,13H,3-6,9-10,12,14-15H2,1-2H3. The first kappa shape index (κ1) is 15.2. The fraction of sp³-hybridized carbons (Fsp3) is 0.647. The molecular weight excluding hydrogens is 220 g/mol. The summed E-state index contributed by atoms with van der Waals surface area (Å²) in [4.78, 5) is 0. The second kappa shape index (κ2) is 10.1. The van der Waals surface area contributed by atoms with Crippen molar-refractivity contribution in [3.05, 3.63) is 35.4 Å². The first-order chi connectivity index (χ1) is 8.84. The average Bonchev–Trinajstić information content (AvgIpc) is 2.39. The van der Waals surface area contributed by atoms with Gasteiger partial charge in [-0.3, -0.25) is 0 Å². The maximum absolute atomic E-state index is 5.61. The van der Waals surface area contributed by atoms with E-state index in [-0.39, 0.29) is 0 Å². The van der Waals surface area contributed by atoms with Crippen LogP contribution in [0.25, 0.3) is 0 Å². The molecule has 0 aliphatic heterocycles. The van der Waals surface area contributed by atoms with Crippen LogP contribution in [0.15, 0.2) is 24.3 Å². The van der Waals surface area contributed by atoms with Crippen molar-refractivity contribution in [3.8, 4) is 0 Å². The Kier molecular flexibility index (Phi) is 8.58. The van der Waals surface area contributed by atoms with Crippen molar-refractivity contribution in [1.82, 2.24) is 0 Å². The first-order valence-corrected chi connectivity index (χ1v) is 7.47. The molecular formula is C17H28O. The predicted molar refractivity (Wildman–Crippen MR) is 79.1 cm³/mol. The largest absolute Gasteiger partial charge is 0.381 e. The lowest BCUT2D eigenvalue weighted by Crippen LogP contribution is -1.97. The van der Waals surface area contributed by atoms with Gasteiger partial charge in [0.1, 0.15) is 0 Å². The van der Waals surface area contributed by atoms with Gasteiger partial charge in [-0.2, -0.15) is 0 Å². The van der Waals surface area contributed by atoms with Crippen LogP contribution in [0.5, 0.6) is 0 Å². The Morgan fingerprint density at radius 3 is 2.33 bits per heavy atom. The zero-order valence-corrected chi connectivity index (χ0v) is 12.1. The molecule has 0 amide bonds. The van der Waals surface area contributed by atoms with Crippen molar-refractivity contribution in [1.29, 1.82) is 0 Å². The minimum Gasteiger partial charge on any atom is -0.381 e. The molecule has 0 N–H and O–H groups in total. The monoisotopic (exact) mass is 248 g/mol. The Morgan fingerprint density at radius 2 is 1.61 bits per heavy atom. The smallest absolute Gasteiger partial charge is 0.0466 e. The molecule has 0 aliphatic carbocycles. The zero-order valence-electron chi connectivity index (χ0n) is 12.1. The minimum absolute atomic E-state index is 0.942. The average molecular weight is 248 g/mol. The van der Waals surface area contributed by atoms with Crippen LogP contribution in [-0.4, -0.2) is 13.2 Å². The predicted octanol–water partition coefficient (Wildman–Crippen LogP) is 4.91. The molecule has 0 bridgehead atoms. The third kappa shape index (κ3) is 6.80. The summed E-state index contributed by atoms with van der Waals surface area (Å²) in [5.41, 5.74) is 2.93. The topological polar surface area (TPSA) is 9.23 Å². The molecule has 18 heavy (non-hydrogen) atoms. The van der Waals surface area contributed by atoms with E-state index < -0.39 is 0 Å². The highest BCUT2D eigenvalue weighted by Gasteiger charge is 1.97. The van der Waals surface area contributed by atoms with E-state index in [1.54, 1.807) is 0 Å². The molecule has 0 atom stereocenters. The van der Waals surface area contributed by atoms with Crippen LogP contribution in [0.3, 0.4) is 0 Å². The van der Waals surface area contributed by atoms with Gasteiger partial charge in [-0.15, -0.1) is 0 Å². The molecule has 1 nitrogen and oxygen atoms in total. The SMILES string of the molecule is CCCCCOCCCCCc1ccccc1C. The lowest BCUT2D eigenvalue weighted by molar-refractivity contribution is 0.126. The maximum Gasteiger partial charge on any atom is 0.0466 e. The summed E-state index contributed by atoms with van der Waals surface area (Å²) in [6.07, 6.45) is 8.78. The van der Waals surface area contributed by atoms with Gasteiger partial charge in [0.25, 0.3) is 0 Å². The van der Waals surface area contributed by atoms with Crippen LogP contribution in [-0.2, 0) is 11.2 Å². The Hall–Kier alpha value is -0.820. The van der Waals surface area contributed by atoms with Crippen molar-refractivity contribution in [3.63, 3.8) is 0 Å². The molecule has 0 heterocycles. The van der Waals surface area contributed by atoms with E-state index in [1.807, 2.05) is 0 Å². The number of unbranched alkanes of at least 4 members (excludes halogenated alkanes) is 4. The summed E-state index contributed by atoms with van der Waals surface area (Å²) in [5, 5.41) is 0. The Morgan fingerprint density at radius 1 is 0.889 bits per heavy atom. The molecule has 102 valence electrons. The van der Waals surface area contributed by atoms with Crippen molar-refractivity contribution >= 4 is 0 Å². The van der Waals surface area contributed by atoms with Gasteiger partial charge in [0.05, 0.1) is 0 Å². The number of ether oxygens (including phenoxy) is 1. The zero-order chi connectivity index (χ0) is 13.1. The Balaban J connectivity index is 1.94. The number of rotatable bonds is 10. The Labute approximate surface area is 113 Å². The van der Waals surface area contributed by atoms with E-state index in [1.165, 1.54) is 56.1 Å². The molecule has 0 saturated heterocycles. The van der Waals surface area contributed by atoms with E-state index >= 15 is 0 Å². The van der Waals surface area contributed by atoms with Crippen molar-refractivity contribution in [2.24, 2.45) is 0 Å². The highest BCUT2D eigenvalue weighted by molar-refractivity contribution is 5.25. The maximum atomic E-state index is 5.61. The quantitative estimate of drug-likeness (QED) is 0.534. The number of benzene rings is 1. The highest BCUT2D eigenvalue weighted by atomic mass is 16.5. The number of hydrogen-bond acceptors (Lipinski definition) is 1. The second-order valence-electron chi connectivity index (χ2n) is 5.06. The minimum atomic E-state index is 0.942. The van der Waals surface area contributed by atoms with E-state index in [0.29, 0.717) is 0 Å². The summed E-state index contributed by atoms with van der Waals surface area (Å²) >= 11 is 0. The van der Waals surface area contributed by atoms with Crippen molar-refractivity contribution in [2.75, 3.05) is 13.2 Å². The van der Waals surface area contributed by atoms with Gasteiger partial charge < -0.3 is 4.74 Å². The molecule has 0 fully saturated rings. The van der Waals surface area contributed by atoms with Gasteiger partial charge in [0.2, 0.25) is 0 Å². The molecule has 0 aliphatic rings. The van der Waals surface area contributed by atoms with E-state index in [4.69, 9.17) is 4.74 Å². The van der Waals surface area contributed by atoms with Gasteiger partial charge in [0, 0.05) is 13.2 Å². The molecule has 1 aromatic rings. The second-order valence-corrected chi connectivity index (χ2v) is 5.06. The van der Waals surface area contributed by atoms with Crippen molar-refractivity contribution < 1.29 is 4.74 Å². The Bertz CT molecular complexity index is 306. The number of hydrogen-bond donors (Lipinski definition) is 0. The van der Waals surface area contributed by atoms with Crippen LogP contribution in [0, 0.1) is 6.92 Å². The van der Waals surface area contributed by atoms with Crippen LogP contribution in [0.1, 0.15) is 56.6 Å². The van der Waals surface area contributed by atoms with Crippen LogP contribution < -0.4 is 0 Å². The lowest BCUT2D eigenvalue weighted by atomic mass is 10.0. The lowest BCUT2D eigenvalue weighted by Gasteiger charge is -2.06.